The summed E-state index contributed by atoms with van der Waals surface area (Å²) in [6, 6.07) is 16.0. The van der Waals surface area contributed by atoms with E-state index in [1.807, 2.05) is 31.2 Å². The van der Waals surface area contributed by atoms with E-state index in [4.69, 9.17) is 16.0 Å². The fraction of sp³-hybridized carbons (Fsp3) is 0.143. The van der Waals surface area contributed by atoms with Crippen LogP contribution < -0.4 is 10.6 Å². The van der Waals surface area contributed by atoms with Gasteiger partial charge >= 0.3 is 0 Å². The van der Waals surface area contributed by atoms with Crippen molar-refractivity contribution in [3.63, 3.8) is 0 Å². The number of benzene rings is 2. The van der Waals surface area contributed by atoms with Crippen LogP contribution in [-0.4, -0.2) is 24.1 Å². The highest BCUT2D eigenvalue weighted by atomic mass is 35.5. The molecule has 1 aromatic heterocycles. The van der Waals surface area contributed by atoms with Crippen molar-refractivity contribution in [3.8, 4) is 0 Å². The van der Waals surface area contributed by atoms with Crippen molar-refractivity contribution in [2.24, 2.45) is 0 Å². The quantitative estimate of drug-likeness (QED) is 0.421. The Morgan fingerprint density at radius 1 is 1.07 bits per heavy atom. The first-order chi connectivity index (χ1) is 13.5. The molecule has 3 aromatic rings. The van der Waals surface area contributed by atoms with E-state index in [2.05, 4.69) is 10.6 Å². The van der Waals surface area contributed by atoms with E-state index in [0.29, 0.717) is 22.8 Å². The molecule has 2 N–H and O–H groups in total. The summed E-state index contributed by atoms with van der Waals surface area (Å²) in [5.41, 5.74) is 1.91. The van der Waals surface area contributed by atoms with Gasteiger partial charge in [-0.05, 0) is 61.0 Å². The summed E-state index contributed by atoms with van der Waals surface area (Å²) in [7, 11) is 0. The van der Waals surface area contributed by atoms with Crippen molar-refractivity contribution < 1.29 is 14.0 Å². The number of thioether (sulfide) groups is 1. The molecule has 2 aromatic carbocycles. The maximum Gasteiger partial charge on any atom is 0.291 e. The Hall–Kier alpha value is -2.70. The average Bonchev–Trinajstić information content (AvgIpc) is 3.23. The molecule has 0 radical (unpaired) electrons. The van der Waals surface area contributed by atoms with Gasteiger partial charge in [-0.2, -0.15) is 0 Å². The third-order valence-electron chi connectivity index (χ3n) is 3.96. The smallest absolute Gasteiger partial charge is 0.291 e. The first-order valence-electron chi connectivity index (χ1n) is 8.65. The van der Waals surface area contributed by atoms with Crippen molar-refractivity contribution in [2.45, 2.75) is 11.8 Å². The number of anilines is 1. The molecule has 3 rings (SSSR count). The predicted molar refractivity (Wildman–Crippen MR) is 112 cm³/mol. The zero-order chi connectivity index (χ0) is 19.9. The van der Waals surface area contributed by atoms with Gasteiger partial charge in [0, 0.05) is 33.5 Å². The lowest BCUT2D eigenvalue weighted by molar-refractivity contribution is 0.0954. The molecular weight excluding hydrogens is 396 g/mol. The number of carbonyl (C=O) groups is 2. The van der Waals surface area contributed by atoms with Crippen molar-refractivity contribution in [1.82, 2.24) is 5.32 Å². The normalized spacial score (nSPS) is 10.5. The van der Waals surface area contributed by atoms with Gasteiger partial charge in [0.05, 0.1) is 6.26 Å². The Bertz CT molecular complexity index is 956. The number of nitrogens with one attached hydrogen (secondary N) is 2. The van der Waals surface area contributed by atoms with Gasteiger partial charge in [-0.1, -0.05) is 17.7 Å². The Kier molecular flexibility index (Phi) is 6.79. The fourth-order valence-electron chi connectivity index (χ4n) is 2.46. The van der Waals surface area contributed by atoms with Gasteiger partial charge in [-0.3, -0.25) is 9.59 Å². The maximum atomic E-state index is 12.4. The summed E-state index contributed by atoms with van der Waals surface area (Å²) in [6.45, 7) is 2.39. The molecule has 0 unspecified atom stereocenters. The van der Waals surface area contributed by atoms with Crippen LogP contribution >= 0.6 is 23.4 Å². The number of amides is 2. The van der Waals surface area contributed by atoms with Crippen LogP contribution in [0.15, 0.2) is 70.2 Å². The standard InChI is InChI=1S/C21H19ClN2O3S/c1-14-4-5-15(13-18(14)24-21(26)19-3-2-11-27-19)20(25)23-10-12-28-17-8-6-16(22)7-9-17/h2-9,11,13H,10,12H2,1H3,(H,23,25)(H,24,26). The molecule has 0 fully saturated rings. The minimum atomic E-state index is -0.356. The lowest BCUT2D eigenvalue weighted by Crippen LogP contribution is -2.26. The summed E-state index contributed by atoms with van der Waals surface area (Å²) in [5.74, 6) is 0.408. The van der Waals surface area contributed by atoms with Crippen LogP contribution in [0.4, 0.5) is 5.69 Å². The molecule has 1 heterocycles. The number of rotatable bonds is 7. The molecule has 5 nitrogen and oxygen atoms in total. The summed E-state index contributed by atoms with van der Waals surface area (Å²) in [4.78, 5) is 25.7. The van der Waals surface area contributed by atoms with Gasteiger partial charge in [0.15, 0.2) is 5.76 Å². The van der Waals surface area contributed by atoms with E-state index in [0.717, 1.165) is 16.2 Å². The molecule has 0 spiro atoms. The average molecular weight is 415 g/mol. The second-order valence-corrected chi connectivity index (χ2v) is 7.62. The molecule has 0 aliphatic carbocycles. The monoisotopic (exact) mass is 414 g/mol. The number of hydrogen-bond donors (Lipinski definition) is 2. The number of furan rings is 1. The first kappa shape index (κ1) is 20.0. The summed E-state index contributed by atoms with van der Waals surface area (Å²) in [6.07, 6.45) is 1.44. The second-order valence-electron chi connectivity index (χ2n) is 6.02. The minimum absolute atomic E-state index is 0.190. The zero-order valence-corrected chi connectivity index (χ0v) is 16.8. The molecule has 0 saturated heterocycles. The Labute approximate surface area is 172 Å². The summed E-state index contributed by atoms with van der Waals surface area (Å²) >= 11 is 7.51. The van der Waals surface area contributed by atoms with Gasteiger partial charge in [-0.25, -0.2) is 0 Å². The number of hydrogen-bond acceptors (Lipinski definition) is 4. The van der Waals surface area contributed by atoms with E-state index >= 15 is 0 Å². The molecule has 144 valence electrons. The SMILES string of the molecule is Cc1ccc(C(=O)NCCSc2ccc(Cl)cc2)cc1NC(=O)c1ccco1. The van der Waals surface area contributed by atoms with E-state index in [-0.39, 0.29) is 17.6 Å². The van der Waals surface area contributed by atoms with Crippen LogP contribution in [0.1, 0.15) is 26.5 Å². The van der Waals surface area contributed by atoms with E-state index < -0.39 is 0 Å². The highest BCUT2D eigenvalue weighted by Gasteiger charge is 2.13. The van der Waals surface area contributed by atoms with Crippen molar-refractivity contribution in [1.29, 1.82) is 0 Å². The maximum absolute atomic E-state index is 12.4. The summed E-state index contributed by atoms with van der Waals surface area (Å²) < 4.78 is 5.09. The summed E-state index contributed by atoms with van der Waals surface area (Å²) in [5, 5.41) is 6.37. The molecule has 0 saturated carbocycles. The van der Waals surface area contributed by atoms with Gasteiger partial charge in [0.1, 0.15) is 0 Å². The van der Waals surface area contributed by atoms with Crippen LogP contribution in [0.2, 0.25) is 5.02 Å². The Balaban J connectivity index is 1.54. The van der Waals surface area contributed by atoms with Crippen LogP contribution in [-0.2, 0) is 0 Å². The van der Waals surface area contributed by atoms with E-state index in [1.165, 1.54) is 6.26 Å². The van der Waals surface area contributed by atoms with Crippen LogP contribution in [0.3, 0.4) is 0 Å². The molecule has 28 heavy (non-hydrogen) atoms. The van der Waals surface area contributed by atoms with Gasteiger partial charge in [0.25, 0.3) is 11.8 Å². The van der Waals surface area contributed by atoms with Gasteiger partial charge in [0.2, 0.25) is 0 Å². The third-order valence-corrected chi connectivity index (χ3v) is 5.23. The lowest BCUT2D eigenvalue weighted by atomic mass is 10.1. The minimum Gasteiger partial charge on any atom is -0.459 e. The second kappa shape index (κ2) is 9.48. The molecule has 0 bridgehead atoms. The highest BCUT2D eigenvalue weighted by Crippen LogP contribution is 2.20. The molecule has 7 heteroatoms. The number of carbonyl (C=O) groups excluding carboxylic acids is 2. The largest absolute Gasteiger partial charge is 0.459 e. The van der Waals surface area contributed by atoms with E-state index in [1.54, 1.807) is 42.1 Å². The Morgan fingerprint density at radius 2 is 1.86 bits per heavy atom. The van der Waals surface area contributed by atoms with Crippen LogP contribution in [0.25, 0.3) is 0 Å². The van der Waals surface area contributed by atoms with Crippen molar-refractivity contribution in [3.05, 3.63) is 82.8 Å². The van der Waals surface area contributed by atoms with Gasteiger partial charge in [-0.15, -0.1) is 11.8 Å². The molecular formula is C21H19ClN2O3S. The van der Waals surface area contributed by atoms with Crippen molar-refractivity contribution in [2.75, 3.05) is 17.6 Å². The topological polar surface area (TPSA) is 71.3 Å². The fourth-order valence-corrected chi connectivity index (χ4v) is 3.35. The van der Waals surface area contributed by atoms with Crippen molar-refractivity contribution >= 4 is 40.9 Å². The van der Waals surface area contributed by atoms with E-state index in [9.17, 15) is 9.59 Å². The molecule has 0 aliphatic rings. The molecule has 0 aliphatic heterocycles. The van der Waals surface area contributed by atoms with Crippen LogP contribution in [0.5, 0.6) is 0 Å². The lowest BCUT2D eigenvalue weighted by Gasteiger charge is -2.10. The zero-order valence-electron chi connectivity index (χ0n) is 15.2. The Morgan fingerprint density at radius 3 is 2.57 bits per heavy atom. The first-order valence-corrected chi connectivity index (χ1v) is 10.0. The number of aryl methyl sites for hydroxylation is 1. The predicted octanol–water partition coefficient (Wildman–Crippen LogP) is 5.02. The highest BCUT2D eigenvalue weighted by molar-refractivity contribution is 7.99. The number of halogens is 1. The van der Waals surface area contributed by atoms with Gasteiger partial charge < -0.3 is 15.1 Å². The van der Waals surface area contributed by atoms with Crippen LogP contribution in [0, 0.1) is 6.92 Å². The molecule has 0 atom stereocenters. The molecule has 2 amide bonds. The third kappa shape index (κ3) is 5.41.